The number of halogens is 1. The van der Waals surface area contributed by atoms with Crippen molar-refractivity contribution in [2.24, 2.45) is 0 Å². The third-order valence-electron chi connectivity index (χ3n) is 5.10. The maximum atomic E-state index is 13.1. The molecule has 1 N–H and O–H groups in total. The molecule has 0 saturated carbocycles. The van der Waals surface area contributed by atoms with Crippen molar-refractivity contribution in [3.8, 4) is 5.75 Å². The molecular weight excluding hydrogens is 503 g/mol. The Balaban J connectivity index is 1.65. The van der Waals surface area contributed by atoms with Crippen LogP contribution in [0, 0.1) is 5.82 Å². The second kappa shape index (κ2) is 12.8. The number of anilines is 1. The lowest BCUT2D eigenvalue weighted by atomic mass is 10.2. The number of carbonyl (C=O) groups excluding carboxylic acids is 2. The number of methoxy groups -OCH3 is 1. The van der Waals surface area contributed by atoms with Crippen LogP contribution < -0.4 is 9.50 Å². The van der Waals surface area contributed by atoms with Gasteiger partial charge in [0.2, 0.25) is 0 Å². The normalized spacial score (nSPS) is 11.0. The number of hydrogen-bond donors (Lipinski definition) is 1. The highest BCUT2D eigenvalue weighted by Gasteiger charge is 2.18. The number of benzene rings is 3. The number of carbonyl (C=O) groups is 2. The first-order valence-electron chi connectivity index (χ1n) is 11.3. The molecule has 0 bridgehead atoms. The van der Waals surface area contributed by atoms with Crippen LogP contribution in [0.5, 0.6) is 5.75 Å². The Hall–Kier alpha value is -3.96. The summed E-state index contributed by atoms with van der Waals surface area (Å²) >= 11 is 0. The summed E-state index contributed by atoms with van der Waals surface area (Å²) in [5, 5.41) is 2.78. The van der Waals surface area contributed by atoms with Gasteiger partial charge in [0, 0.05) is 25.9 Å². The lowest BCUT2D eigenvalue weighted by Crippen LogP contribution is -2.36. The van der Waals surface area contributed by atoms with Crippen molar-refractivity contribution in [3.63, 3.8) is 0 Å². The fourth-order valence-corrected chi connectivity index (χ4v) is 4.14. The van der Waals surface area contributed by atoms with Gasteiger partial charge in [-0.15, -0.1) is 0 Å². The van der Waals surface area contributed by atoms with Crippen molar-refractivity contribution >= 4 is 27.8 Å². The van der Waals surface area contributed by atoms with Gasteiger partial charge < -0.3 is 23.9 Å². The molecule has 0 spiro atoms. The molecule has 2 amide bonds. The van der Waals surface area contributed by atoms with Crippen LogP contribution in [0.4, 0.5) is 14.9 Å². The SMILES string of the molecule is CCOC(=O)c1ccc(NC(=O)N(CCOC)Cc2ccc(OS(=O)(=O)c3ccc(F)cc3)cc2)cc1. The van der Waals surface area contributed by atoms with E-state index in [-0.39, 0.29) is 29.8 Å². The van der Waals surface area contributed by atoms with Gasteiger partial charge in [-0.3, -0.25) is 0 Å². The zero-order valence-corrected chi connectivity index (χ0v) is 21.2. The molecule has 11 heteroatoms. The number of urea groups is 1. The minimum atomic E-state index is -4.12. The van der Waals surface area contributed by atoms with Gasteiger partial charge in [0.1, 0.15) is 16.5 Å². The molecule has 0 aromatic heterocycles. The number of esters is 1. The van der Waals surface area contributed by atoms with Crippen LogP contribution in [0.25, 0.3) is 0 Å². The van der Waals surface area contributed by atoms with Gasteiger partial charge in [-0.1, -0.05) is 12.1 Å². The minimum absolute atomic E-state index is 0.0719. The lowest BCUT2D eigenvalue weighted by molar-refractivity contribution is 0.0526. The fourth-order valence-electron chi connectivity index (χ4n) is 3.21. The standard InChI is InChI=1S/C26H27FN2O7S/c1-3-35-25(30)20-6-10-22(11-7-20)28-26(31)29(16-17-34-2)18-19-4-12-23(13-5-19)36-37(32,33)24-14-8-21(27)9-15-24/h4-15H,3,16-18H2,1-2H3,(H,28,31). The molecule has 0 fully saturated rings. The van der Waals surface area contributed by atoms with Crippen molar-refractivity contribution in [2.75, 3.05) is 32.2 Å². The largest absolute Gasteiger partial charge is 0.462 e. The summed E-state index contributed by atoms with van der Waals surface area (Å²) in [4.78, 5) is 26.1. The molecule has 0 heterocycles. The van der Waals surface area contributed by atoms with E-state index in [0.717, 1.165) is 29.8 Å². The van der Waals surface area contributed by atoms with Crippen molar-refractivity contribution in [1.82, 2.24) is 4.90 Å². The van der Waals surface area contributed by atoms with E-state index in [1.807, 2.05) is 0 Å². The zero-order valence-electron chi connectivity index (χ0n) is 20.3. The Morgan fingerprint density at radius 1 is 0.946 bits per heavy atom. The summed E-state index contributed by atoms with van der Waals surface area (Å²) in [5.74, 6) is -0.929. The molecule has 0 atom stereocenters. The summed E-state index contributed by atoms with van der Waals surface area (Å²) < 4.78 is 53.1. The average Bonchev–Trinajstić information content (AvgIpc) is 2.88. The third kappa shape index (κ3) is 8.02. The van der Waals surface area contributed by atoms with Crippen LogP contribution in [0.1, 0.15) is 22.8 Å². The van der Waals surface area contributed by atoms with E-state index in [1.54, 1.807) is 43.3 Å². The molecular formula is C26H27FN2O7S. The van der Waals surface area contributed by atoms with Crippen LogP contribution in [-0.4, -0.2) is 52.2 Å². The summed E-state index contributed by atoms with van der Waals surface area (Å²) in [6.07, 6.45) is 0. The van der Waals surface area contributed by atoms with Gasteiger partial charge >= 0.3 is 22.1 Å². The minimum Gasteiger partial charge on any atom is -0.462 e. The monoisotopic (exact) mass is 530 g/mol. The highest BCUT2D eigenvalue weighted by atomic mass is 32.2. The molecule has 0 radical (unpaired) electrons. The molecule has 0 aliphatic rings. The van der Waals surface area contributed by atoms with Gasteiger partial charge in [0.25, 0.3) is 0 Å². The number of amides is 2. The van der Waals surface area contributed by atoms with Gasteiger partial charge in [-0.05, 0) is 73.2 Å². The quantitative estimate of drug-likeness (QED) is 0.288. The van der Waals surface area contributed by atoms with E-state index < -0.39 is 21.9 Å². The summed E-state index contributed by atoms with van der Waals surface area (Å²) in [5.41, 5.74) is 1.59. The Bertz CT molecular complexity index is 1300. The number of ether oxygens (including phenoxy) is 2. The average molecular weight is 531 g/mol. The molecule has 0 aliphatic heterocycles. The number of rotatable bonds is 11. The molecule has 0 saturated heterocycles. The van der Waals surface area contributed by atoms with E-state index in [2.05, 4.69) is 5.32 Å². The fraction of sp³-hybridized carbons (Fsp3) is 0.231. The maximum absolute atomic E-state index is 13.1. The van der Waals surface area contributed by atoms with Crippen LogP contribution >= 0.6 is 0 Å². The molecule has 3 aromatic rings. The predicted molar refractivity (Wildman–Crippen MR) is 134 cm³/mol. The molecule has 0 aliphatic carbocycles. The topological polar surface area (TPSA) is 111 Å². The Morgan fingerprint density at radius 3 is 2.19 bits per heavy atom. The van der Waals surface area contributed by atoms with Crippen LogP contribution in [0.3, 0.4) is 0 Å². The first-order valence-corrected chi connectivity index (χ1v) is 12.7. The Kier molecular flexibility index (Phi) is 9.58. The molecule has 0 unspecified atom stereocenters. The van der Waals surface area contributed by atoms with E-state index in [1.165, 1.54) is 24.1 Å². The second-order valence-electron chi connectivity index (χ2n) is 7.78. The first-order chi connectivity index (χ1) is 17.7. The van der Waals surface area contributed by atoms with Gasteiger partial charge in [-0.25, -0.2) is 14.0 Å². The Morgan fingerprint density at radius 2 is 1.59 bits per heavy atom. The zero-order chi connectivity index (χ0) is 26.8. The summed E-state index contributed by atoms with van der Waals surface area (Å²) in [7, 11) is -2.60. The van der Waals surface area contributed by atoms with Crippen LogP contribution in [0.15, 0.2) is 77.7 Å². The van der Waals surface area contributed by atoms with Crippen molar-refractivity contribution in [2.45, 2.75) is 18.4 Å². The van der Waals surface area contributed by atoms with E-state index >= 15 is 0 Å². The van der Waals surface area contributed by atoms with E-state index in [4.69, 9.17) is 13.7 Å². The highest BCUT2D eigenvalue weighted by molar-refractivity contribution is 7.87. The van der Waals surface area contributed by atoms with Crippen molar-refractivity contribution in [3.05, 3.63) is 89.7 Å². The molecule has 37 heavy (non-hydrogen) atoms. The van der Waals surface area contributed by atoms with E-state index in [9.17, 15) is 22.4 Å². The van der Waals surface area contributed by atoms with Crippen LogP contribution in [0.2, 0.25) is 0 Å². The van der Waals surface area contributed by atoms with Crippen LogP contribution in [-0.2, 0) is 26.1 Å². The van der Waals surface area contributed by atoms with Gasteiger partial charge in [0.15, 0.2) is 0 Å². The van der Waals surface area contributed by atoms with Gasteiger partial charge in [-0.2, -0.15) is 8.42 Å². The third-order valence-corrected chi connectivity index (χ3v) is 6.37. The molecule has 3 rings (SSSR count). The lowest BCUT2D eigenvalue weighted by Gasteiger charge is -2.23. The molecule has 196 valence electrons. The summed E-state index contributed by atoms with van der Waals surface area (Å²) in [6, 6.07) is 16.5. The van der Waals surface area contributed by atoms with E-state index in [0.29, 0.717) is 24.4 Å². The number of hydrogen-bond acceptors (Lipinski definition) is 7. The Labute approximate surface area is 214 Å². The highest BCUT2D eigenvalue weighted by Crippen LogP contribution is 2.20. The smallest absolute Gasteiger partial charge is 0.339 e. The van der Waals surface area contributed by atoms with Gasteiger partial charge in [0.05, 0.1) is 18.8 Å². The number of nitrogens with one attached hydrogen (secondary N) is 1. The van der Waals surface area contributed by atoms with Crippen molar-refractivity contribution < 1.29 is 36.1 Å². The van der Waals surface area contributed by atoms with Crippen molar-refractivity contribution in [1.29, 1.82) is 0 Å². The predicted octanol–water partition coefficient (Wildman–Crippen LogP) is 4.45. The first kappa shape index (κ1) is 27.6. The summed E-state index contributed by atoms with van der Waals surface area (Å²) in [6.45, 7) is 2.79. The maximum Gasteiger partial charge on any atom is 0.339 e. The number of nitrogens with zero attached hydrogens (tertiary/aromatic N) is 1. The second-order valence-corrected chi connectivity index (χ2v) is 9.32. The molecule has 9 nitrogen and oxygen atoms in total. The molecule has 3 aromatic carbocycles.